The van der Waals surface area contributed by atoms with Gasteiger partial charge < -0.3 is 4.52 Å². The number of anilines is 1. The van der Waals surface area contributed by atoms with Crippen molar-refractivity contribution in [2.45, 2.75) is 13.3 Å². The lowest BCUT2D eigenvalue weighted by molar-refractivity contribution is 0.102. The second-order valence-corrected chi connectivity index (χ2v) is 3.19. The maximum atomic E-state index is 11.7. The Kier molecular flexibility index (Phi) is 2.95. The molecule has 2 rings (SSSR count). The van der Waals surface area contributed by atoms with Gasteiger partial charge in [0.2, 0.25) is 0 Å². The fourth-order valence-electron chi connectivity index (χ4n) is 1.21. The van der Waals surface area contributed by atoms with Crippen molar-refractivity contribution >= 4 is 11.9 Å². The molecule has 1 heterocycles. The topological polar surface area (TPSA) is 68.0 Å². The van der Waals surface area contributed by atoms with Gasteiger partial charge in [-0.25, -0.2) is 0 Å². The highest BCUT2D eigenvalue weighted by atomic mass is 16.5. The summed E-state index contributed by atoms with van der Waals surface area (Å²) in [6.07, 6.45) is 0.671. The van der Waals surface area contributed by atoms with Crippen molar-refractivity contribution in [2.75, 3.05) is 5.32 Å². The number of nitrogens with zero attached hydrogens (tertiary/aromatic N) is 2. The minimum atomic E-state index is -0.257. The summed E-state index contributed by atoms with van der Waals surface area (Å²) in [6.45, 7) is 1.91. The monoisotopic (exact) mass is 217 g/mol. The first-order chi connectivity index (χ1) is 7.79. The maximum Gasteiger partial charge on any atom is 0.328 e. The number of rotatable bonds is 3. The SMILES string of the molecule is CCc1noc(NC(=O)c2ccccc2)n1. The van der Waals surface area contributed by atoms with E-state index in [1.54, 1.807) is 24.3 Å². The molecule has 0 bridgehead atoms. The second kappa shape index (κ2) is 4.57. The summed E-state index contributed by atoms with van der Waals surface area (Å²) in [4.78, 5) is 15.7. The van der Waals surface area contributed by atoms with E-state index in [4.69, 9.17) is 4.52 Å². The van der Waals surface area contributed by atoms with Crippen LogP contribution in [0.4, 0.5) is 6.01 Å². The highest BCUT2D eigenvalue weighted by Crippen LogP contribution is 2.07. The molecular formula is C11H11N3O2. The molecule has 5 nitrogen and oxygen atoms in total. The van der Waals surface area contributed by atoms with Crippen LogP contribution in [0, 0.1) is 0 Å². The van der Waals surface area contributed by atoms with Crippen molar-refractivity contribution in [1.29, 1.82) is 0 Å². The van der Waals surface area contributed by atoms with Gasteiger partial charge in [0, 0.05) is 12.0 Å². The van der Waals surface area contributed by atoms with Gasteiger partial charge in [0.15, 0.2) is 5.82 Å². The van der Waals surface area contributed by atoms with Crippen molar-refractivity contribution in [3.63, 3.8) is 0 Å². The number of nitrogens with one attached hydrogen (secondary N) is 1. The zero-order chi connectivity index (χ0) is 11.4. The number of aromatic nitrogens is 2. The Bertz CT molecular complexity index is 479. The number of hydrogen-bond acceptors (Lipinski definition) is 4. The molecule has 0 aliphatic carbocycles. The molecule has 0 spiro atoms. The Morgan fingerprint density at radius 2 is 2.12 bits per heavy atom. The minimum Gasteiger partial charge on any atom is -0.315 e. The van der Waals surface area contributed by atoms with Crippen molar-refractivity contribution in [1.82, 2.24) is 10.1 Å². The lowest BCUT2D eigenvalue weighted by Gasteiger charge is -1.98. The minimum absolute atomic E-state index is 0.130. The summed E-state index contributed by atoms with van der Waals surface area (Å²) >= 11 is 0. The molecule has 0 unspecified atom stereocenters. The first-order valence-electron chi connectivity index (χ1n) is 4.98. The van der Waals surface area contributed by atoms with Crippen LogP contribution in [0.3, 0.4) is 0 Å². The van der Waals surface area contributed by atoms with Gasteiger partial charge in [0.1, 0.15) is 0 Å². The summed E-state index contributed by atoms with van der Waals surface area (Å²) in [5.74, 6) is 0.315. The molecule has 1 amide bonds. The molecule has 0 fully saturated rings. The van der Waals surface area contributed by atoms with Gasteiger partial charge in [-0.2, -0.15) is 4.98 Å². The fourth-order valence-corrected chi connectivity index (χ4v) is 1.21. The van der Waals surface area contributed by atoms with E-state index in [1.165, 1.54) is 0 Å². The lowest BCUT2D eigenvalue weighted by Crippen LogP contribution is -2.11. The number of carbonyl (C=O) groups excluding carboxylic acids is 1. The standard InChI is InChI=1S/C11H11N3O2/c1-2-9-12-11(16-14-9)13-10(15)8-6-4-3-5-7-8/h3-7H,2H2,1H3,(H,12,13,14,15). The smallest absolute Gasteiger partial charge is 0.315 e. The van der Waals surface area contributed by atoms with Crippen LogP contribution in [-0.4, -0.2) is 16.0 Å². The molecular weight excluding hydrogens is 206 g/mol. The molecule has 16 heavy (non-hydrogen) atoms. The van der Waals surface area contributed by atoms with Gasteiger partial charge in [0.05, 0.1) is 0 Å². The van der Waals surface area contributed by atoms with Gasteiger partial charge in [-0.15, -0.1) is 0 Å². The average Bonchev–Trinajstić information content (AvgIpc) is 2.78. The molecule has 2 aromatic rings. The van der Waals surface area contributed by atoms with Crippen LogP contribution in [0.2, 0.25) is 0 Å². The van der Waals surface area contributed by atoms with Crippen LogP contribution in [-0.2, 0) is 6.42 Å². The molecule has 0 saturated carbocycles. The summed E-state index contributed by atoms with van der Waals surface area (Å²) < 4.78 is 4.85. The van der Waals surface area contributed by atoms with Crippen molar-refractivity contribution in [2.24, 2.45) is 0 Å². The first kappa shape index (κ1) is 10.4. The van der Waals surface area contributed by atoms with E-state index in [0.29, 0.717) is 17.8 Å². The van der Waals surface area contributed by atoms with Crippen LogP contribution in [0.1, 0.15) is 23.1 Å². The number of benzene rings is 1. The van der Waals surface area contributed by atoms with E-state index >= 15 is 0 Å². The molecule has 1 aromatic heterocycles. The third kappa shape index (κ3) is 2.25. The van der Waals surface area contributed by atoms with Crippen LogP contribution in [0.15, 0.2) is 34.9 Å². The number of amides is 1. The van der Waals surface area contributed by atoms with Gasteiger partial charge >= 0.3 is 6.01 Å². The molecule has 1 N–H and O–H groups in total. The highest BCUT2D eigenvalue weighted by Gasteiger charge is 2.10. The van der Waals surface area contributed by atoms with Gasteiger partial charge in [-0.05, 0) is 12.1 Å². The largest absolute Gasteiger partial charge is 0.328 e. The summed E-state index contributed by atoms with van der Waals surface area (Å²) in [6, 6.07) is 8.99. The molecule has 0 saturated heterocycles. The average molecular weight is 217 g/mol. The maximum absolute atomic E-state index is 11.7. The molecule has 5 heteroatoms. The van der Waals surface area contributed by atoms with Crippen LogP contribution < -0.4 is 5.32 Å². The Balaban J connectivity index is 2.08. The molecule has 0 radical (unpaired) electrons. The van der Waals surface area contributed by atoms with E-state index in [1.807, 2.05) is 13.0 Å². The van der Waals surface area contributed by atoms with Crippen molar-refractivity contribution < 1.29 is 9.32 Å². The summed E-state index contributed by atoms with van der Waals surface area (Å²) in [7, 11) is 0. The summed E-state index contributed by atoms with van der Waals surface area (Å²) in [5, 5.41) is 6.21. The van der Waals surface area contributed by atoms with Crippen LogP contribution in [0.25, 0.3) is 0 Å². The lowest BCUT2D eigenvalue weighted by atomic mass is 10.2. The second-order valence-electron chi connectivity index (χ2n) is 3.19. The third-order valence-electron chi connectivity index (χ3n) is 2.04. The number of aryl methyl sites for hydroxylation is 1. The van der Waals surface area contributed by atoms with Gasteiger partial charge in [0.25, 0.3) is 5.91 Å². The van der Waals surface area contributed by atoms with Crippen molar-refractivity contribution in [3.05, 3.63) is 41.7 Å². The first-order valence-corrected chi connectivity index (χ1v) is 4.98. The zero-order valence-electron chi connectivity index (χ0n) is 8.80. The van der Waals surface area contributed by atoms with Crippen LogP contribution in [0.5, 0.6) is 0 Å². The quantitative estimate of drug-likeness (QED) is 0.852. The number of hydrogen-bond donors (Lipinski definition) is 1. The Hall–Kier alpha value is -2.17. The predicted octanol–water partition coefficient (Wildman–Crippen LogP) is 1.88. The molecule has 0 atom stereocenters. The fraction of sp³-hybridized carbons (Fsp3) is 0.182. The van der Waals surface area contributed by atoms with E-state index in [-0.39, 0.29) is 11.9 Å². The molecule has 82 valence electrons. The Morgan fingerprint density at radius 3 is 2.75 bits per heavy atom. The predicted molar refractivity (Wildman–Crippen MR) is 58.1 cm³/mol. The van der Waals surface area contributed by atoms with Gasteiger partial charge in [-0.3, -0.25) is 10.1 Å². The zero-order valence-corrected chi connectivity index (χ0v) is 8.80. The van der Waals surface area contributed by atoms with E-state index < -0.39 is 0 Å². The van der Waals surface area contributed by atoms with E-state index in [2.05, 4.69) is 15.5 Å². The Labute approximate surface area is 92.5 Å². The van der Waals surface area contributed by atoms with E-state index in [9.17, 15) is 4.79 Å². The number of carbonyl (C=O) groups is 1. The van der Waals surface area contributed by atoms with E-state index in [0.717, 1.165) is 0 Å². The highest BCUT2D eigenvalue weighted by molar-refractivity contribution is 6.03. The molecule has 1 aromatic carbocycles. The molecule has 0 aliphatic rings. The van der Waals surface area contributed by atoms with Crippen molar-refractivity contribution in [3.8, 4) is 0 Å². The third-order valence-corrected chi connectivity index (χ3v) is 2.04. The normalized spacial score (nSPS) is 10.1. The summed E-state index contributed by atoms with van der Waals surface area (Å²) in [5.41, 5.74) is 0.554. The van der Waals surface area contributed by atoms with Crippen LogP contribution >= 0.6 is 0 Å². The Morgan fingerprint density at radius 1 is 1.38 bits per heavy atom. The van der Waals surface area contributed by atoms with Gasteiger partial charge in [-0.1, -0.05) is 30.3 Å². The molecule has 0 aliphatic heterocycles.